The van der Waals surface area contributed by atoms with Crippen LogP contribution in [0, 0.1) is 5.82 Å². The minimum absolute atomic E-state index is 0.102. The van der Waals surface area contributed by atoms with Crippen LogP contribution in [0.2, 0.25) is 0 Å². The molecular formula is C11H13FO3. The molecular weight excluding hydrogens is 199 g/mol. The third-order valence-electron chi connectivity index (χ3n) is 1.97. The van der Waals surface area contributed by atoms with Gasteiger partial charge in [-0.2, -0.15) is 0 Å². The molecule has 82 valence electrons. The monoisotopic (exact) mass is 212 g/mol. The third-order valence-corrected chi connectivity index (χ3v) is 1.97. The Kier molecular flexibility index (Phi) is 4.24. The molecule has 0 heterocycles. The van der Waals surface area contributed by atoms with E-state index in [1.807, 2.05) is 6.92 Å². The molecule has 0 saturated heterocycles. The Hall–Kier alpha value is -1.42. The molecule has 0 aliphatic carbocycles. The first-order chi connectivity index (χ1) is 7.17. The molecule has 0 N–H and O–H groups in total. The predicted molar refractivity (Wildman–Crippen MR) is 53.8 cm³/mol. The summed E-state index contributed by atoms with van der Waals surface area (Å²) in [4.78, 5) is 10.4. The van der Waals surface area contributed by atoms with E-state index < -0.39 is 5.82 Å². The van der Waals surface area contributed by atoms with E-state index in [2.05, 4.69) is 0 Å². The van der Waals surface area contributed by atoms with Crippen molar-refractivity contribution < 1.29 is 18.7 Å². The maximum absolute atomic E-state index is 13.3. The highest BCUT2D eigenvalue weighted by Crippen LogP contribution is 2.17. The predicted octanol–water partition coefficient (Wildman–Crippen LogP) is 2.05. The number of hydrogen-bond acceptors (Lipinski definition) is 3. The molecule has 4 heteroatoms. The van der Waals surface area contributed by atoms with Crippen molar-refractivity contribution in [3.05, 3.63) is 29.6 Å². The number of hydrogen-bond donors (Lipinski definition) is 0. The lowest BCUT2D eigenvalue weighted by Gasteiger charge is -2.11. The van der Waals surface area contributed by atoms with Crippen molar-refractivity contribution in [3.8, 4) is 5.75 Å². The van der Waals surface area contributed by atoms with Gasteiger partial charge in [0.05, 0.1) is 6.10 Å². The van der Waals surface area contributed by atoms with E-state index in [1.165, 1.54) is 12.1 Å². The van der Waals surface area contributed by atoms with Crippen molar-refractivity contribution in [2.75, 3.05) is 13.7 Å². The van der Waals surface area contributed by atoms with Gasteiger partial charge in [0.1, 0.15) is 12.9 Å². The van der Waals surface area contributed by atoms with Gasteiger partial charge < -0.3 is 9.47 Å². The van der Waals surface area contributed by atoms with Crippen LogP contribution in [-0.2, 0) is 4.74 Å². The Labute approximate surface area is 87.8 Å². The molecule has 0 fully saturated rings. The summed E-state index contributed by atoms with van der Waals surface area (Å²) >= 11 is 0. The van der Waals surface area contributed by atoms with E-state index in [4.69, 9.17) is 9.47 Å². The molecule has 1 rings (SSSR count). The second-order valence-electron chi connectivity index (χ2n) is 3.17. The Morgan fingerprint density at radius 2 is 2.27 bits per heavy atom. The fourth-order valence-electron chi connectivity index (χ4n) is 0.983. The molecule has 15 heavy (non-hydrogen) atoms. The van der Waals surface area contributed by atoms with Gasteiger partial charge in [-0.1, -0.05) is 0 Å². The molecule has 0 aromatic heterocycles. The van der Waals surface area contributed by atoms with Crippen molar-refractivity contribution in [1.82, 2.24) is 0 Å². The lowest BCUT2D eigenvalue weighted by molar-refractivity contribution is 0.0701. The van der Waals surface area contributed by atoms with Gasteiger partial charge in [0, 0.05) is 12.7 Å². The van der Waals surface area contributed by atoms with Crippen LogP contribution in [0.15, 0.2) is 18.2 Å². The molecule has 0 saturated carbocycles. The zero-order valence-corrected chi connectivity index (χ0v) is 8.70. The molecule has 0 aliphatic heterocycles. The highest BCUT2D eigenvalue weighted by Gasteiger charge is 2.06. The molecule has 0 spiro atoms. The SMILES string of the molecule is COC(C)COc1ccc(C=O)cc1F. The first-order valence-electron chi connectivity index (χ1n) is 4.57. The Morgan fingerprint density at radius 1 is 1.53 bits per heavy atom. The summed E-state index contributed by atoms with van der Waals surface area (Å²) < 4.78 is 23.4. The number of ether oxygens (including phenoxy) is 2. The van der Waals surface area contributed by atoms with E-state index in [0.717, 1.165) is 6.07 Å². The highest BCUT2D eigenvalue weighted by atomic mass is 19.1. The summed E-state index contributed by atoms with van der Waals surface area (Å²) in [5, 5.41) is 0. The van der Waals surface area contributed by atoms with Crippen molar-refractivity contribution >= 4 is 6.29 Å². The number of rotatable bonds is 5. The third kappa shape index (κ3) is 3.32. The van der Waals surface area contributed by atoms with E-state index in [-0.39, 0.29) is 18.5 Å². The maximum Gasteiger partial charge on any atom is 0.165 e. The molecule has 0 amide bonds. The zero-order valence-electron chi connectivity index (χ0n) is 8.70. The number of halogens is 1. The molecule has 1 aromatic carbocycles. The highest BCUT2D eigenvalue weighted by molar-refractivity contribution is 5.74. The standard InChI is InChI=1S/C11H13FO3/c1-8(14-2)7-15-11-4-3-9(6-13)5-10(11)12/h3-6,8H,7H2,1-2H3. The van der Waals surface area contributed by atoms with Gasteiger partial charge in [0.25, 0.3) is 0 Å². The summed E-state index contributed by atoms with van der Waals surface area (Å²) in [6, 6.07) is 4.07. The fraction of sp³-hybridized carbons (Fsp3) is 0.364. The van der Waals surface area contributed by atoms with Crippen molar-refractivity contribution in [2.45, 2.75) is 13.0 Å². The van der Waals surface area contributed by atoms with E-state index >= 15 is 0 Å². The second kappa shape index (κ2) is 5.46. The largest absolute Gasteiger partial charge is 0.488 e. The van der Waals surface area contributed by atoms with Crippen LogP contribution in [-0.4, -0.2) is 26.1 Å². The van der Waals surface area contributed by atoms with E-state index in [0.29, 0.717) is 11.8 Å². The van der Waals surface area contributed by atoms with Crippen LogP contribution in [0.1, 0.15) is 17.3 Å². The lowest BCUT2D eigenvalue weighted by Crippen LogP contribution is -2.16. The van der Waals surface area contributed by atoms with Gasteiger partial charge in [0.2, 0.25) is 0 Å². The first-order valence-corrected chi connectivity index (χ1v) is 4.57. The van der Waals surface area contributed by atoms with Gasteiger partial charge in [-0.25, -0.2) is 4.39 Å². The summed E-state index contributed by atoms with van der Waals surface area (Å²) in [5.41, 5.74) is 0.291. The van der Waals surface area contributed by atoms with Crippen LogP contribution in [0.25, 0.3) is 0 Å². The summed E-state index contributed by atoms with van der Waals surface area (Å²) in [5.74, 6) is -0.410. The molecule has 1 aromatic rings. The average molecular weight is 212 g/mol. The number of aldehydes is 1. The van der Waals surface area contributed by atoms with Gasteiger partial charge in [-0.05, 0) is 25.1 Å². The first kappa shape index (κ1) is 11.7. The van der Waals surface area contributed by atoms with Crippen molar-refractivity contribution in [1.29, 1.82) is 0 Å². The lowest BCUT2D eigenvalue weighted by atomic mass is 10.2. The molecule has 3 nitrogen and oxygen atoms in total. The molecule has 1 atom stereocenters. The van der Waals surface area contributed by atoms with Crippen molar-refractivity contribution in [3.63, 3.8) is 0 Å². The second-order valence-corrected chi connectivity index (χ2v) is 3.17. The van der Waals surface area contributed by atoms with Gasteiger partial charge in [0.15, 0.2) is 11.6 Å². The van der Waals surface area contributed by atoms with Crippen LogP contribution in [0.4, 0.5) is 4.39 Å². The summed E-state index contributed by atoms with van der Waals surface area (Å²) in [7, 11) is 1.56. The smallest absolute Gasteiger partial charge is 0.165 e. The molecule has 0 aliphatic rings. The van der Waals surface area contributed by atoms with Gasteiger partial charge >= 0.3 is 0 Å². The quantitative estimate of drug-likeness (QED) is 0.701. The number of methoxy groups -OCH3 is 1. The summed E-state index contributed by atoms with van der Waals surface area (Å²) in [6.07, 6.45) is 0.486. The van der Waals surface area contributed by atoms with Crippen LogP contribution >= 0.6 is 0 Å². The van der Waals surface area contributed by atoms with Crippen LogP contribution < -0.4 is 4.74 Å². The Bertz CT molecular complexity index is 339. The molecule has 0 radical (unpaired) electrons. The minimum atomic E-state index is -0.539. The minimum Gasteiger partial charge on any atom is -0.488 e. The number of carbonyl (C=O) groups is 1. The van der Waals surface area contributed by atoms with Gasteiger partial charge in [-0.3, -0.25) is 4.79 Å². The number of carbonyl (C=O) groups excluding carboxylic acids is 1. The molecule has 1 unspecified atom stereocenters. The van der Waals surface area contributed by atoms with E-state index in [9.17, 15) is 9.18 Å². The van der Waals surface area contributed by atoms with E-state index in [1.54, 1.807) is 7.11 Å². The topological polar surface area (TPSA) is 35.5 Å². The van der Waals surface area contributed by atoms with Crippen LogP contribution in [0.5, 0.6) is 5.75 Å². The molecule has 0 bridgehead atoms. The fourth-order valence-corrected chi connectivity index (χ4v) is 0.983. The maximum atomic E-state index is 13.3. The van der Waals surface area contributed by atoms with Crippen LogP contribution in [0.3, 0.4) is 0 Å². The van der Waals surface area contributed by atoms with Gasteiger partial charge in [-0.15, -0.1) is 0 Å². The van der Waals surface area contributed by atoms with Crippen molar-refractivity contribution in [2.24, 2.45) is 0 Å². The number of benzene rings is 1. The summed E-state index contributed by atoms with van der Waals surface area (Å²) in [6.45, 7) is 2.09. The Morgan fingerprint density at radius 3 is 2.80 bits per heavy atom. The average Bonchev–Trinajstić information content (AvgIpc) is 2.26. The normalized spacial score (nSPS) is 12.2. The Balaban J connectivity index is 2.65. The zero-order chi connectivity index (χ0) is 11.3.